The summed E-state index contributed by atoms with van der Waals surface area (Å²) in [7, 11) is 1.60. The molecule has 2 rings (SSSR count). The average molecular weight is 311 g/mol. The van der Waals surface area contributed by atoms with E-state index in [1.807, 2.05) is 36.4 Å². The molecule has 0 aliphatic carbocycles. The summed E-state index contributed by atoms with van der Waals surface area (Å²) in [6, 6.07) is 12.8. The predicted octanol–water partition coefficient (Wildman–Crippen LogP) is 4.45. The fraction of sp³-hybridized carbons (Fsp3) is 0.250. The molecule has 1 unspecified atom stereocenters. The second kappa shape index (κ2) is 6.04. The number of aliphatic hydroxyl groups is 1. The SMILES string of the molecule is COc1cccc(C(C)(O)Cc2cccc(Cl)c2Cl)c1. The van der Waals surface area contributed by atoms with E-state index in [2.05, 4.69) is 0 Å². The van der Waals surface area contributed by atoms with Gasteiger partial charge in [0.15, 0.2) is 0 Å². The van der Waals surface area contributed by atoms with Crippen LogP contribution in [0.1, 0.15) is 18.1 Å². The first-order valence-corrected chi connectivity index (χ1v) is 6.99. The Balaban J connectivity index is 2.32. The minimum absolute atomic E-state index is 0.375. The molecule has 0 aliphatic rings. The Kier molecular flexibility index (Phi) is 4.59. The third kappa shape index (κ3) is 3.26. The van der Waals surface area contributed by atoms with Gasteiger partial charge in [0.2, 0.25) is 0 Å². The van der Waals surface area contributed by atoms with Crippen molar-refractivity contribution in [1.29, 1.82) is 0 Å². The van der Waals surface area contributed by atoms with Crippen LogP contribution in [0.5, 0.6) is 5.75 Å². The van der Waals surface area contributed by atoms with Gasteiger partial charge in [-0.2, -0.15) is 0 Å². The summed E-state index contributed by atoms with van der Waals surface area (Å²) < 4.78 is 5.18. The van der Waals surface area contributed by atoms with Crippen LogP contribution in [-0.2, 0) is 12.0 Å². The Morgan fingerprint density at radius 1 is 1.15 bits per heavy atom. The minimum Gasteiger partial charge on any atom is -0.497 e. The first-order chi connectivity index (χ1) is 9.44. The highest BCUT2D eigenvalue weighted by Crippen LogP contribution is 2.33. The highest BCUT2D eigenvalue weighted by molar-refractivity contribution is 6.42. The number of benzene rings is 2. The Bertz CT molecular complexity index is 609. The van der Waals surface area contributed by atoms with Crippen LogP contribution in [-0.4, -0.2) is 12.2 Å². The molecule has 20 heavy (non-hydrogen) atoms. The van der Waals surface area contributed by atoms with Crippen LogP contribution in [0.15, 0.2) is 42.5 Å². The van der Waals surface area contributed by atoms with E-state index in [4.69, 9.17) is 27.9 Å². The van der Waals surface area contributed by atoms with Crippen LogP contribution in [0, 0.1) is 0 Å². The Morgan fingerprint density at radius 3 is 2.55 bits per heavy atom. The highest BCUT2D eigenvalue weighted by Gasteiger charge is 2.25. The second-order valence-electron chi connectivity index (χ2n) is 4.90. The fourth-order valence-corrected chi connectivity index (χ4v) is 2.50. The number of halogens is 2. The fourth-order valence-electron chi connectivity index (χ4n) is 2.12. The van der Waals surface area contributed by atoms with Crippen molar-refractivity contribution in [3.63, 3.8) is 0 Å². The molecule has 2 aromatic carbocycles. The van der Waals surface area contributed by atoms with Gasteiger partial charge in [-0.3, -0.25) is 0 Å². The van der Waals surface area contributed by atoms with Crippen molar-refractivity contribution in [2.45, 2.75) is 18.9 Å². The summed E-state index contributed by atoms with van der Waals surface area (Å²) in [5.74, 6) is 0.708. The monoisotopic (exact) mass is 310 g/mol. The average Bonchev–Trinajstić information content (AvgIpc) is 2.44. The van der Waals surface area contributed by atoms with Crippen LogP contribution in [0.4, 0.5) is 0 Å². The number of hydrogen-bond donors (Lipinski definition) is 1. The van der Waals surface area contributed by atoms with E-state index in [-0.39, 0.29) is 0 Å². The molecule has 0 spiro atoms. The zero-order valence-corrected chi connectivity index (χ0v) is 12.9. The molecule has 0 saturated heterocycles. The molecule has 0 amide bonds. The van der Waals surface area contributed by atoms with Gasteiger partial charge in [0.1, 0.15) is 5.75 Å². The Labute approximate surface area is 128 Å². The lowest BCUT2D eigenvalue weighted by Gasteiger charge is -2.25. The quantitative estimate of drug-likeness (QED) is 0.904. The smallest absolute Gasteiger partial charge is 0.119 e. The second-order valence-corrected chi connectivity index (χ2v) is 5.68. The first-order valence-electron chi connectivity index (χ1n) is 6.24. The van der Waals surface area contributed by atoms with Gasteiger partial charge in [0.25, 0.3) is 0 Å². The Hall–Kier alpha value is -1.22. The lowest BCUT2D eigenvalue weighted by molar-refractivity contribution is 0.0574. The highest BCUT2D eigenvalue weighted by atomic mass is 35.5. The van der Waals surface area contributed by atoms with Gasteiger partial charge in [-0.1, -0.05) is 47.5 Å². The summed E-state index contributed by atoms with van der Waals surface area (Å²) in [6.45, 7) is 1.75. The maximum atomic E-state index is 10.7. The summed E-state index contributed by atoms with van der Waals surface area (Å²) >= 11 is 12.2. The molecule has 0 fully saturated rings. The van der Waals surface area contributed by atoms with Crippen molar-refractivity contribution in [2.75, 3.05) is 7.11 Å². The normalized spacial score (nSPS) is 13.8. The van der Waals surface area contributed by atoms with Crippen molar-refractivity contribution in [3.8, 4) is 5.75 Å². The van der Waals surface area contributed by atoms with E-state index in [0.717, 1.165) is 11.1 Å². The van der Waals surface area contributed by atoms with E-state index in [1.54, 1.807) is 20.1 Å². The molecule has 0 heterocycles. The third-order valence-electron chi connectivity index (χ3n) is 3.26. The van der Waals surface area contributed by atoms with Gasteiger partial charge in [-0.15, -0.1) is 0 Å². The molecule has 2 aromatic rings. The van der Waals surface area contributed by atoms with E-state index >= 15 is 0 Å². The summed E-state index contributed by atoms with van der Waals surface area (Å²) in [6.07, 6.45) is 0.375. The van der Waals surface area contributed by atoms with E-state index in [0.29, 0.717) is 22.2 Å². The molecule has 0 aromatic heterocycles. The van der Waals surface area contributed by atoms with Crippen LogP contribution >= 0.6 is 23.2 Å². The van der Waals surface area contributed by atoms with Crippen LogP contribution < -0.4 is 4.74 Å². The van der Waals surface area contributed by atoms with E-state index < -0.39 is 5.60 Å². The predicted molar refractivity (Wildman–Crippen MR) is 82.7 cm³/mol. The molecular formula is C16H16Cl2O2. The van der Waals surface area contributed by atoms with Crippen LogP contribution in [0.3, 0.4) is 0 Å². The maximum Gasteiger partial charge on any atom is 0.119 e. The van der Waals surface area contributed by atoms with Crippen molar-refractivity contribution in [3.05, 3.63) is 63.6 Å². The van der Waals surface area contributed by atoms with E-state index in [9.17, 15) is 5.11 Å². The van der Waals surface area contributed by atoms with Gasteiger partial charge in [-0.25, -0.2) is 0 Å². The molecule has 0 saturated carbocycles. The number of ether oxygens (including phenoxy) is 1. The molecular weight excluding hydrogens is 295 g/mol. The molecule has 2 nitrogen and oxygen atoms in total. The van der Waals surface area contributed by atoms with E-state index in [1.165, 1.54) is 0 Å². The van der Waals surface area contributed by atoms with Crippen molar-refractivity contribution in [2.24, 2.45) is 0 Å². The Morgan fingerprint density at radius 2 is 1.85 bits per heavy atom. The molecule has 106 valence electrons. The lowest BCUT2D eigenvalue weighted by atomic mass is 9.89. The van der Waals surface area contributed by atoms with Crippen LogP contribution in [0.25, 0.3) is 0 Å². The van der Waals surface area contributed by atoms with Crippen molar-refractivity contribution >= 4 is 23.2 Å². The number of rotatable bonds is 4. The maximum absolute atomic E-state index is 10.7. The van der Waals surface area contributed by atoms with Crippen molar-refractivity contribution in [1.82, 2.24) is 0 Å². The molecule has 1 N–H and O–H groups in total. The third-order valence-corrected chi connectivity index (χ3v) is 4.12. The summed E-state index contributed by atoms with van der Waals surface area (Å²) in [4.78, 5) is 0. The molecule has 0 bridgehead atoms. The standard InChI is InChI=1S/C16H16Cl2O2/c1-16(19,12-6-4-7-13(9-12)20-2)10-11-5-3-8-14(17)15(11)18/h3-9,19H,10H2,1-2H3. The minimum atomic E-state index is -1.05. The molecule has 4 heteroatoms. The largest absolute Gasteiger partial charge is 0.497 e. The van der Waals surface area contributed by atoms with Crippen LogP contribution in [0.2, 0.25) is 10.0 Å². The molecule has 0 aliphatic heterocycles. The van der Waals surface area contributed by atoms with Gasteiger partial charge in [-0.05, 0) is 36.2 Å². The zero-order chi connectivity index (χ0) is 14.8. The summed E-state index contributed by atoms with van der Waals surface area (Å²) in [5, 5.41) is 11.7. The number of methoxy groups -OCH3 is 1. The zero-order valence-electron chi connectivity index (χ0n) is 11.4. The number of hydrogen-bond acceptors (Lipinski definition) is 2. The topological polar surface area (TPSA) is 29.5 Å². The van der Waals surface area contributed by atoms with Gasteiger partial charge >= 0.3 is 0 Å². The van der Waals surface area contributed by atoms with Gasteiger partial charge < -0.3 is 9.84 Å². The lowest BCUT2D eigenvalue weighted by Crippen LogP contribution is -2.24. The van der Waals surface area contributed by atoms with Crippen molar-refractivity contribution < 1.29 is 9.84 Å². The molecule has 1 atom stereocenters. The summed E-state index contributed by atoms with van der Waals surface area (Å²) in [5.41, 5.74) is 0.531. The first kappa shape index (κ1) is 15.2. The van der Waals surface area contributed by atoms with Gasteiger partial charge in [0, 0.05) is 6.42 Å². The van der Waals surface area contributed by atoms with Gasteiger partial charge in [0.05, 0.1) is 22.8 Å². The molecule has 0 radical (unpaired) electrons.